The Labute approximate surface area is 121 Å². The third-order valence-electron chi connectivity index (χ3n) is 3.99. The summed E-state index contributed by atoms with van der Waals surface area (Å²) in [4.78, 5) is 24.6. The van der Waals surface area contributed by atoms with E-state index in [0.29, 0.717) is 13.0 Å². The number of hydrogen-bond donors (Lipinski definition) is 2. The summed E-state index contributed by atoms with van der Waals surface area (Å²) in [5.41, 5.74) is 0.0881. The van der Waals surface area contributed by atoms with Crippen molar-refractivity contribution >= 4 is 12.0 Å². The van der Waals surface area contributed by atoms with E-state index in [1.165, 1.54) is 0 Å². The number of carbonyl (C=O) groups excluding carboxylic acids is 1. The first kappa shape index (κ1) is 16.5. The number of urea groups is 1. The van der Waals surface area contributed by atoms with Crippen LogP contribution in [0.15, 0.2) is 12.7 Å². The first-order valence-electron chi connectivity index (χ1n) is 7.25. The van der Waals surface area contributed by atoms with Crippen molar-refractivity contribution < 1.29 is 14.7 Å². The highest BCUT2D eigenvalue weighted by Crippen LogP contribution is 2.36. The molecule has 0 aromatic carbocycles. The molecule has 20 heavy (non-hydrogen) atoms. The molecule has 0 saturated carbocycles. The number of hydrogen-bond acceptors (Lipinski definition) is 2. The van der Waals surface area contributed by atoms with E-state index in [1.807, 2.05) is 11.0 Å². The normalized spacial score (nSPS) is 21.3. The molecule has 0 aromatic heterocycles. The summed E-state index contributed by atoms with van der Waals surface area (Å²) in [6, 6.07) is 0.0724. The third-order valence-corrected chi connectivity index (χ3v) is 3.99. The van der Waals surface area contributed by atoms with Crippen molar-refractivity contribution in [1.29, 1.82) is 0 Å². The molecule has 2 N–H and O–H groups in total. The Morgan fingerprint density at radius 1 is 1.50 bits per heavy atom. The van der Waals surface area contributed by atoms with E-state index in [9.17, 15) is 9.59 Å². The Morgan fingerprint density at radius 2 is 2.20 bits per heavy atom. The molecule has 1 fully saturated rings. The lowest BCUT2D eigenvalue weighted by atomic mass is 9.75. The monoisotopic (exact) mass is 282 g/mol. The standard InChI is InChI=1S/C15H26N2O3/c1-4-7-12-15(2,3)9-6-11-17(12)14(20)16-10-5-8-13(18)19/h4,12H,1,5-11H2,2-3H3,(H,16,20)(H,18,19). The SMILES string of the molecule is C=CCC1N(C(=O)NCCCC(=O)O)CCCC1(C)C. The number of carboxylic acids is 1. The second-order valence-corrected chi connectivity index (χ2v) is 6.05. The minimum absolute atomic E-state index is 0.0852. The molecule has 1 heterocycles. The van der Waals surface area contributed by atoms with Crippen LogP contribution in [0.4, 0.5) is 4.79 Å². The van der Waals surface area contributed by atoms with Crippen LogP contribution >= 0.6 is 0 Å². The summed E-state index contributed by atoms with van der Waals surface area (Å²) in [6.07, 6.45) is 5.31. The zero-order valence-corrected chi connectivity index (χ0v) is 12.5. The van der Waals surface area contributed by atoms with Gasteiger partial charge in [-0.25, -0.2) is 4.79 Å². The smallest absolute Gasteiger partial charge is 0.317 e. The Bertz CT molecular complexity index is 366. The summed E-state index contributed by atoms with van der Waals surface area (Å²) < 4.78 is 0. The number of carbonyl (C=O) groups is 2. The lowest BCUT2D eigenvalue weighted by molar-refractivity contribution is -0.137. The molecule has 1 atom stereocenters. The number of carboxylic acid groups (broad SMARTS) is 1. The van der Waals surface area contributed by atoms with Crippen LogP contribution in [0.1, 0.15) is 46.0 Å². The Morgan fingerprint density at radius 3 is 2.80 bits per heavy atom. The largest absolute Gasteiger partial charge is 0.481 e. The van der Waals surface area contributed by atoms with E-state index >= 15 is 0 Å². The summed E-state index contributed by atoms with van der Waals surface area (Å²) in [5, 5.41) is 11.4. The zero-order chi connectivity index (χ0) is 15.2. The Balaban J connectivity index is 2.55. The van der Waals surface area contributed by atoms with Crippen molar-refractivity contribution in [2.24, 2.45) is 5.41 Å². The highest BCUT2D eigenvalue weighted by Gasteiger charge is 2.38. The van der Waals surface area contributed by atoms with E-state index in [0.717, 1.165) is 25.8 Å². The molecule has 0 bridgehead atoms. The van der Waals surface area contributed by atoms with Crippen molar-refractivity contribution in [2.75, 3.05) is 13.1 Å². The fourth-order valence-corrected chi connectivity index (χ4v) is 2.83. The lowest BCUT2D eigenvalue weighted by Crippen LogP contribution is -2.55. The molecular weight excluding hydrogens is 256 g/mol. The van der Waals surface area contributed by atoms with Crippen molar-refractivity contribution in [1.82, 2.24) is 10.2 Å². The number of aliphatic carboxylic acids is 1. The fraction of sp³-hybridized carbons (Fsp3) is 0.733. The fourth-order valence-electron chi connectivity index (χ4n) is 2.83. The summed E-state index contributed by atoms with van der Waals surface area (Å²) in [6.45, 7) is 9.32. The average molecular weight is 282 g/mol. The maximum atomic E-state index is 12.2. The van der Waals surface area contributed by atoms with Crippen molar-refractivity contribution in [3.8, 4) is 0 Å². The second kappa shape index (κ2) is 7.31. The second-order valence-electron chi connectivity index (χ2n) is 6.05. The molecule has 0 spiro atoms. The van der Waals surface area contributed by atoms with Gasteiger partial charge in [0, 0.05) is 25.6 Å². The van der Waals surface area contributed by atoms with Crippen LogP contribution in [0.5, 0.6) is 0 Å². The zero-order valence-electron chi connectivity index (χ0n) is 12.5. The van der Waals surface area contributed by atoms with Gasteiger partial charge in [-0.05, 0) is 31.1 Å². The molecule has 1 unspecified atom stereocenters. The van der Waals surface area contributed by atoms with Crippen LogP contribution in [0.3, 0.4) is 0 Å². The van der Waals surface area contributed by atoms with Gasteiger partial charge in [0.25, 0.3) is 0 Å². The first-order valence-corrected chi connectivity index (χ1v) is 7.25. The van der Waals surface area contributed by atoms with Crippen LogP contribution in [-0.2, 0) is 4.79 Å². The number of likely N-dealkylation sites (tertiary alicyclic amines) is 1. The minimum Gasteiger partial charge on any atom is -0.481 e. The predicted octanol–water partition coefficient (Wildman–Crippen LogP) is 2.63. The molecule has 1 rings (SSSR count). The molecule has 5 heteroatoms. The van der Waals surface area contributed by atoms with E-state index in [-0.39, 0.29) is 23.9 Å². The molecule has 5 nitrogen and oxygen atoms in total. The van der Waals surface area contributed by atoms with Gasteiger partial charge in [-0.3, -0.25) is 4.79 Å². The van der Waals surface area contributed by atoms with Crippen LogP contribution in [0.25, 0.3) is 0 Å². The molecule has 1 aliphatic rings. The molecule has 1 aliphatic heterocycles. The van der Waals surface area contributed by atoms with Crippen LogP contribution in [0.2, 0.25) is 0 Å². The maximum Gasteiger partial charge on any atom is 0.317 e. The van der Waals surface area contributed by atoms with E-state index in [1.54, 1.807) is 0 Å². The molecule has 0 aromatic rings. The van der Waals surface area contributed by atoms with Crippen LogP contribution in [0, 0.1) is 5.41 Å². The molecule has 1 saturated heterocycles. The Hall–Kier alpha value is -1.52. The van der Waals surface area contributed by atoms with E-state index in [2.05, 4.69) is 25.7 Å². The third kappa shape index (κ3) is 4.54. The lowest BCUT2D eigenvalue weighted by Gasteiger charge is -2.46. The number of rotatable bonds is 6. The number of nitrogens with zero attached hydrogens (tertiary/aromatic N) is 1. The van der Waals surface area contributed by atoms with Gasteiger partial charge < -0.3 is 15.3 Å². The summed E-state index contributed by atoms with van der Waals surface area (Å²) in [7, 11) is 0. The molecule has 0 radical (unpaired) electrons. The van der Waals surface area contributed by atoms with Gasteiger partial charge in [0.2, 0.25) is 0 Å². The van der Waals surface area contributed by atoms with Crippen molar-refractivity contribution in [3.05, 3.63) is 12.7 Å². The van der Waals surface area contributed by atoms with Crippen molar-refractivity contribution in [3.63, 3.8) is 0 Å². The van der Waals surface area contributed by atoms with E-state index in [4.69, 9.17) is 5.11 Å². The summed E-state index contributed by atoms with van der Waals surface area (Å²) in [5.74, 6) is -0.831. The molecule has 2 amide bonds. The first-order chi connectivity index (χ1) is 9.38. The van der Waals surface area contributed by atoms with Crippen LogP contribution in [-0.4, -0.2) is 41.1 Å². The number of nitrogens with one attached hydrogen (secondary N) is 1. The highest BCUT2D eigenvalue weighted by atomic mass is 16.4. The quantitative estimate of drug-likeness (QED) is 0.581. The van der Waals surface area contributed by atoms with Gasteiger partial charge in [0.1, 0.15) is 0 Å². The van der Waals surface area contributed by atoms with Crippen LogP contribution < -0.4 is 5.32 Å². The molecular formula is C15H26N2O3. The summed E-state index contributed by atoms with van der Waals surface area (Å²) >= 11 is 0. The van der Waals surface area contributed by atoms with Gasteiger partial charge >= 0.3 is 12.0 Å². The van der Waals surface area contributed by atoms with Gasteiger partial charge in [-0.2, -0.15) is 0 Å². The van der Waals surface area contributed by atoms with Gasteiger partial charge in [0.15, 0.2) is 0 Å². The van der Waals surface area contributed by atoms with Crippen molar-refractivity contribution in [2.45, 2.75) is 52.0 Å². The topological polar surface area (TPSA) is 69.6 Å². The predicted molar refractivity (Wildman–Crippen MR) is 78.6 cm³/mol. The highest BCUT2D eigenvalue weighted by molar-refractivity contribution is 5.75. The van der Waals surface area contributed by atoms with Gasteiger partial charge in [-0.15, -0.1) is 6.58 Å². The Kier molecular flexibility index (Phi) is 6.05. The number of amides is 2. The van der Waals surface area contributed by atoms with Gasteiger partial charge in [-0.1, -0.05) is 19.9 Å². The maximum absolute atomic E-state index is 12.2. The van der Waals surface area contributed by atoms with Gasteiger partial charge in [0.05, 0.1) is 0 Å². The minimum atomic E-state index is -0.831. The molecule has 0 aliphatic carbocycles. The van der Waals surface area contributed by atoms with E-state index < -0.39 is 5.97 Å². The molecule has 114 valence electrons. The average Bonchev–Trinajstić information content (AvgIpc) is 2.36. The number of piperidine rings is 1.